The summed E-state index contributed by atoms with van der Waals surface area (Å²) in [5, 5.41) is 3.20. The van der Waals surface area contributed by atoms with Crippen molar-refractivity contribution < 1.29 is 14.3 Å². The second-order valence-electron chi connectivity index (χ2n) is 6.52. The number of rotatable bonds is 5. The summed E-state index contributed by atoms with van der Waals surface area (Å²) in [7, 11) is 3.24. The molecular weight excluding hydrogens is 278 g/mol. The van der Waals surface area contributed by atoms with Crippen LogP contribution in [0.25, 0.3) is 0 Å². The number of hydrogen-bond acceptors (Lipinski definition) is 3. The van der Waals surface area contributed by atoms with Crippen LogP contribution in [0.4, 0.5) is 0 Å². The van der Waals surface area contributed by atoms with Gasteiger partial charge < -0.3 is 14.8 Å². The number of carbonyl (C=O) groups is 1. The largest absolute Gasteiger partial charge is 0.493 e. The zero-order valence-electron chi connectivity index (χ0n) is 14.1. The molecule has 0 aliphatic heterocycles. The van der Waals surface area contributed by atoms with Gasteiger partial charge in [-0.2, -0.15) is 0 Å². The van der Waals surface area contributed by atoms with E-state index in [4.69, 9.17) is 9.47 Å². The van der Waals surface area contributed by atoms with Crippen molar-refractivity contribution >= 4 is 5.91 Å². The summed E-state index contributed by atoms with van der Waals surface area (Å²) < 4.78 is 10.6. The lowest BCUT2D eigenvalue weighted by molar-refractivity contribution is -0.127. The number of amides is 1. The van der Waals surface area contributed by atoms with Gasteiger partial charge in [-0.15, -0.1) is 0 Å². The third-order valence-electron chi connectivity index (χ3n) is 4.52. The van der Waals surface area contributed by atoms with Crippen molar-refractivity contribution in [2.24, 2.45) is 5.92 Å². The topological polar surface area (TPSA) is 47.6 Å². The average Bonchev–Trinajstić information content (AvgIpc) is 2.54. The van der Waals surface area contributed by atoms with E-state index >= 15 is 0 Å². The minimum atomic E-state index is -0.436. The van der Waals surface area contributed by atoms with Gasteiger partial charge in [0.25, 0.3) is 0 Å². The number of ether oxygens (including phenoxy) is 2. The number of methoxy groups -OCH3 is 2. The summed E-state index contributed by atoms with van der Waals surface area (Å²) >= 11 is 0. The summed E-state index contributed by atoms with van der Waals surface area (Å²) in [6, 6.07) is 5.78. The maximum Gasteiger partial charge on any atom is 0.223 e. The first-order valence-corrected chi connectivity index (χ1v) is 8.02. The van der Waals surface area contributed by atoms with Crippen LogP contribution in [0.15, 0.2) is 18.2 Å². The molecule has 2 rings (SSSR count). The molecule has 1 N–H and O–H groups in total. The molecule has 0 unspecified atom stereocenters. The molecule has 1 amide bonds. The van der Waals surface area contributed by atoms with E-state index in [0.717, 1.165) is 31.2 Å². The van der Waals surface area contributed by atoms with E-state index in [1.165, 1.54) is 6.42 Å². The van der Waals surface area contributed by atoms with Crippen molar-refractivity contribution in [3.8, 4) is 11.5 Å². The summed E-state index contributed by atoms with van der Waals surface area (Å²) in [4.78, 5) is 12.5. The first kappa shape index (κ1) is 16.7. The molecule has 0 radical (unpaired) electrons. The molecule has 0 aromatic heterocycles. The Morgan fingerprint density at radius 2 is 1.73 bits per heavy atom. The highest BCUT2D eigenvalue weighted by atomic mass is 16.5. The van der Waals surface area contributed by atoms with Crippen molar-refractivity contribution in [1.82, 2.24) is 5.32 Å². The first-order valence-electron chi connectivity index (χ1n) is 8.02. The zero-order chi connectivity index (χ0) is 16.2. The van der Waals surface area contributed by atoms with Crippen LogP contribution in [-0.4, -0.2) is 20.1 Å². The molecule has 4 nitrogen and oxygen atoms in total. The van der Waals surface area contributed by atoms with E-state index in [2.05, 4.69) is 5.32 Å². The fraction of sp³-hybridized carbons (Fsp3) is 0.611. The molecule has 1 aromatic carbocycles. The van der Waals surface area contributed by atoms with Gasteiger partial charge in [0.05, 0.1) is 19.8 Å². The van der Waals surface area contributed by atoms with E-state index in [1.54, 1.807) is 14.2 Å². The maximum absolute atomic E-state index is 12.5. The maximum atomic E-state index is 12.5. The van der Waals surface area contributed by atoms with Gasteiger partial charge in [0, 0.05) is 5.92 Å². The van der Waals surface area contributed by atoms with Gasteiger partial charge in [-0.25, -0.2) is 0 Å². The minimum absolute atomic E-state index is 0.160. The highest BCUT2D eigenvalue weighted by Gasteiger charge is 2.28. The van der Waals surface area contributed by atoms with E-state index in [1.807, 2.05) is 32.0 Å². The number of carbonyl (C=O) groups excluding carboxylic acids is 1. The van der Waals surface area contributed by atoms with Crippen molar-refractivity contribution in [3.05, 3.63) is 23.8 Å². The molecule has 0 saturated heterocycles. The lowest BCUT2D eigenvalue weighted by Gasteiger charge is -2.31. The quantitative estimate of drug-likeness (QED) is 0.903. The van der Waals surface area contributed by atoms with Crippen molar-refractivity contribution in [2.45, 2.75) is 51.5 Å². The molecule has 0 atom stereocenters. The number of hydrogen-bond donors (Lipinski definition) is 1. The van der Waals surface area contributed by atoms with Crippen LogP contribution in [0.2, 0.25) is 0 Å². The number of nitrogens with one attached hydrogen (secondary N) is 1. The van der Waals surface area contributed by atoms with E-state index in [-0.39, 0.29) is 11.8 Å². The molecule has 4 heteroatoms. The fourth-order valence-corrected chi connectivity index (χ4v) is 3.07. The predicted octanol–water partition coefficient (Wildman–Crippen LogP) is 3.64. The highest BCUT2D eigenvalue weighted by Crippen LogP contribution is 2.33. The summed E-state index contributed by atoms with van der Waals surface area (Å²) in [5.74, 6) is 1.70. The van der Waals surface area contributed by atoms with Gasteiger partial charge in [-0.05, 0) is 44.4 Å². The third kappa shape index (κ3) is 3.73. The second-order valence-corrected chi connectivity index (χ2v) is 6.52. The van der Waals surface area contributed by atoms with Crippen LogP contribution in [0.1, 0.15) is 51.5 Å². The van der Waals surface area contributed by atoms with Gasteiger partial charge in [-0.1, -0.05) is 25.3 Å². The van der Waals surface area contributed by atoms with Crippen molar-refractivity contribution in [3.63, 3.8) is 0 Å². The molecule has 0 heterocycles. The Morgan fingerprint density at radius 3 is 2.32 bits per heavy atom. The molecular formula is C18H27NO3. The predicted molar refractivity (Wildman–Crippen MR) is 87.3 cm³/mol. The van der Waals surface area contributed by atoms with Gasteiger partial charge >= 0.3 is 0 Å². The molecule has 0 bridgehead atoms. The van der Waals surface area contributed by atoms with Crippen molar-refractivity contribution in [2.75, 3.05) is 14.2 Å². The third-order valence-corrected chi connectivity index (χ3v) is 4.52. The molecule has 122 valence electrons. The lowest BCUT2D eigenvalue weighted by Crippen LogP contribution is -2.44. The van der Waals surface area contributed by atoms with Crippen LogP contribution in [-0.2, 0) is 10.3 Å². The van der Waals surface area contributed by atoms with Crippen LogP contribution < -0.4 is 14.8 Å². The van der Waals surface area contributed by atoms with E-state index in [9.17, 15) is 4.79 Å². The van der Waals surface area contributed by atoms with Gasteiger partial charge in [0.1, 0.15) is 0 Å². The SMILES string of the molecule is COc1ccc(C(C)(C)NC(=O)C2CCCCC2)cc1OC. The van der Waals surface area contributed by atoms with E-state index < -0.39 is 5.54 Å². The molecule has 1 aliphatic rings. The Hall–Kier alpha value is -1.71. The lowest BCUT2D eigenvalue weighted by atomic mass is 9.87. The van der Waals surface area contributed by atoms with Crippen LogP contribution >= 0.6 is 0 Å². The fourth-order valence-electron chi connectivity index (χ4n) is 3.07. The molecule has 1 aromatic rings. The monoisotopic (exact) mass is 305 g/mol. The van der Waals surface area contributed by atoms with Gasteiger partial charge in [-0.3, -0.25) is 4.79 Å². The Kier molecular flexibility index (Phi) is 5.33. The van der Waals surface area contributed by atoms with E-state index in [0.29, 0.717) is 11.5 Å². The van der Waals surface area contributed by atoms with Gasteiger partial charge in [0.2, 0.25) is 5.91 Å². The van der Waals surface area contributed by atoms with Crippen LogP contribution in [0.3, 0.4) is 0 Å². The summed E-state index contributed by atoms with van der Waals surface area (Å²) in [5.41, 5.74) is 0.572. The Bertz CT molecular complexity index is 519. The molecule has 1 fully saturated rings. The Morgan fingerprint density at radius 1 is 1.09 bits per heavy atom. The normalized spacial score (nSPS) is 16.2. The smallest absolute Gasteiger partial charge is 0.223 e. The molecule has 22 heavy (non-hydrogen) atoms. The summed E-state index contributed by atoms with van der Waals surface area (Å²) in [6.45, 7) is 4.05. The van der Waals surface area contributed by atoms with Crippen LogP contribution in [0.5, 0.6) is 11.5 Å². The minimum Gasteiger partial charge on any atom is -0.493 e. The standard InChI is InChI=1S/C18H27NO3/c1-18(2,19-17(20)13-8-6-5-7-9-13)14-10-11-15(21-3)16(12-14)22-4/h10-13H,5-9H2,1-4H3,(H,19,20). The zero-order valence-corrected chi connectivity index (χ0v) is 14.1. The average molecular weight is 305 g/mol. The van der Waals surface area contributed by atoms with Crippen LogP contribution in [0, 0.1) is 5.92 Å². The summed E-state index contributed by atoms with van der Waals surface area (Å²) in [6.07, 6.45) is 5.59. The second kappa shape index (κ2) is 7.03. The Balaban J connectivity index is 2.13. The number of benzene rings is 1. The molecule has 0 spiro atoms. The molecule has 1 saturated carbocycles. The highest BCUT2D eigenvalue weighted by molar-refractivity contribution is 5.79. The first-order chi connectivity index (χ1) is 10.5. The van der Waals surface area contributed by atoms with Gasteiger partial charge in [0.15, 0.2) is 11.5 Å². The van der Waals surface area contributed by atoms with Crippen molar-refractivity contribution in [1.29, 1.82) is 0 Å². The molecule has 1 aliphatic carbocycles. The Labute approximate surface area is 133 Å².